The second-order valence-electron chi connectivity index (χ2n) is 7.39. The topological polar surface area (TPSA) is 46.6 Å². The Balaban J connectivity index is 1.73. The van der Waals surface area contributed by atoms with Gasteiger partial charge in [-0.1, -0.05) is 63.2 Å². The Morgan fingerprint density at radius 2 is 1.85 bits per heavy atom. The number of ketones is 1. The Morgan fingerprint density at radius 1 is 1.12 bits per heavy atom. The summed E-state index contributed by atoms with van der Waals surface area (Å²) < 4.78 is 4.95. The molecule has 0 atom stereocenters. The summed E-state index contributed by atoms with van der Waals surface area (Å²) in [5, 5.41) is 0. The molecule has 1 amide bonds. The van der Waals surface area contributed by atoms with Crippen LogP contribution in [0.5, 0.6) is 0 Å². The van der Waals surface area contributed by atoms with Gasteiger partial charge < -0.3 is 4.74 Å². The summed E-state index contributed by atoms with van der Waals surface area (Å²) >= 11 is 0. The fraction of sp³-hybridized carbons (Fsp3) is 0.273. The number of hydrogen-bond acceptors (Lipinski definition) is 3. The molecule has 0 radical (unpaired) electrons. The Hall–Kier alpha value is -2.88. The van der Waals surface area contributed by atoms with Gasteiger partial charge >= 0.3 is 6.09 Å². The summed E-state index contributed by atoms with van der Waals surface area (Å²) in [7, 11) is 0. The zero-order valence-corrected chi connectivity index (χ0v) is 15.4. The lowest BCUT2D eigenvalue weighted by Crippen LogP contribution is -2.23. The molecule has 26 heavy (non-hydrogen) atoms. The number of anilines is 1. The highest BCUT2D eigenvalue weighted by Gasteiger charge is 2.23. The third-order valence-electron chi connectivity index (χ3n) is 4.41. The van der Waals surface area contributed by atoms with Crippen LogP contribution in [0.15, 0.2) is 54.6 Å². The molecular formula is C22H23NO3. The lowest BCUT2D eigenvalue weighted by Gasteiger charge is -2.18. The molecular weight excluding hydrogens is 326 g/mol. The average molecular weight is 349 g/mol. The van der Waals surface area contributed by atoms with Gasteiger partial charge in [0.2, 0.25) is 0 Å². The summed E-state index contributed by atoms with van der Waals surface area (Å²) in [6, 6.07) is 15.3. The molecule has 2 aromatic carbocycles. The van der Waals surface area contributed by atoms with Crippen LogP contribution < -0.4 is 4.90 Å². The first-order valence-electron chi connectivity index (χ1n) is 8.72. The number of cyclic esters (lactones) is 1. The van der Waals surface area contributed by atoms with Crippen molar-refractivity contribution in [3.8, 4) is 0 Å². The number of allylic oxidation sites excluding steroid dienone is 1. The molecule has 1 fully saturated rings. The first kappa shape index (κ1) is 17.9. The van der Waals surface area contributed by atoms with Crippen LogP contribution in [0, 0.1) is 0 Å². The summed E-state index contributed by atoms with van der Waals surface area (Å²) in [4.78, 5) is 25.7. The van der Waals surface area contributed by atoms with Gasteiger partial charge in [0.15, 0.2) is 5.78 Å². The standard InChI is InChI=1S/C22H23NO3/c1-22(2,3)18-10-7-16(8-11-18)9-12-20(24)17-5-4-6-19(15-17)23-13-14-26-21(23)25/h4-12,15H,13-14H2,1-3H3/b12-9+. The minimum atomic E-state index is -0.371. The van der Waals surface area contributed by atoms with E-state index in [0.717, 1.165) is 5.56 Å². The maximum absolute atomic E-state index is 12.5. The molecule has 0 aliphatic carbocycles. The molecule has 134 valence electrons. The Labute approximate surface area is 154 Å². The number of rotatable bonds is 4. The molecule has 1 heterocycles. The third-order valence-corrected chi connectivity index (χ3v) is 4.41. The predicted molar refractivity (Wildman–Crippen MR) is 104 cm³/mol. The molecule has 0 spiro atoms. The number of benzene rings is 2. The summed E-state index contributed by atoms with van der Waals surface area (Å²) in [6.07, 6.45) is 3.00. The largest absolute Gasteiger partial charge is 0.447 e. The predicted octanol–water partition coefficient (Wildman–Crippen LogP) is 4.84. The van der Waals surface area contributed by atoms with Crippen LogP contribution in [0.4, 0.5) is 10.5 Å². The fourth-order valence-corrected chi connectivity index (χ4v) is 2.82. The van der Waals surface area contributed by atoms with Crippen LogP contribution in [0.25, 0.3) is 6.08 Å². The van der Waals surface area contributed by atoms with Crippen molar-refractivity contribution in [1.82, 2.24) is 0 Å². The van der Waals surface area contributed by atoms with Crippen LogP contribution in [-0.2, 0) is 10.2 Å². The quantitative estimate of drug-likeness (QED) is 0.586. The van der Waals surface area contributed by atoms with E-state index in [1.54, 1.807) is 30.3 Å². The van der Waals surface area contributed by atoms with Crippen LogP contribution >= 0.6 is 0 Å². The normalized spacial score (nSPS) is 14.7. The fourth-order valence-electron chi connectivity index (χ4n) is 2.82. The number of ether oxygens (including phenoxy) is 1. The van der Waals surface area contributed by atoms with Crippen LogP contribution in [0.1, 0.15) is 42.3 Å². The van der Waals surface area contributed by atoms with Crippen molar-refractivity contribution < 1.29 is 14.3 Å². The van der Waals surface area contributed by atoms with Gasteiger partial charge in [-0.2, -0.15) is 0 Å². The third kappa shape index (κ3) is 4.02. The second kappa shape index (κ2) is 7.16. The Morgan fingerprint density at radius 3 is 2.46 bits per heavy atom. The van der Waals surface area contributed by atoms with Crippen LogP contribution in [-0.4, -0.2) is 25.0 Å². The highest BCUT2D eigenvalue weighted by atomic mass is 16.6. The van der Waals surface area contributed by atoms with E-state index in [0.29, 0.717) is 24.4 Å². The molecule has 0 N–H and O–H groups in total. The van der Waals surface area contributed by atoms with Gasteiger partial charge in [0.05, 0.1) is 6.54 Å². The van der Waals surface area contributed by atoms with E-state index in [1.165, 1.54) is 10.5 Å². The molecule has 3 rings (SSSR count). The Bertz CT molecular complexity index is 844. The zero-order valence-electron chi connectivity index (χ0n) is 15.4. The molecule has 0 saturated carbocycles. The Kier molecular flexibility index (Phi) is 4.94. The van der Waals surface area contributed by atoms with Crippen LogP contribution in [0.2, 0.25) is 0 Å². The van der Waals surface area contributed by atoms with Crippen molar-refractivity contribution in [2.24, 2.45) is 0 Å². The van der Waals surface area contributed by atoms with E-state index in [2.05, 4.69) is 32.9 Å². The highest BCUT2D eigenvalue weighted by Crippen LogP contribution is 2.23. The van der Waals surface area contributed by atoms with Gasteiger partial charge in [0.1, 0.15) is 6.61 Å². The van der Waals surface area contributed by atoms with E-state index < -0.39 is 0 Å². The van der Waals surface area contributed by atoms with Gasteiger partial charge in [0, 0.05) is 11.3 Å². The zero-order chi connectivity index (χ0) is 18.7. The minimum Gasteiger partial charge on any atom is -0.447 e. The van der Waals surface area contributed by atoms with E-state index in [-0.39, 0.29) is 17.3 Å². The molecule has 0 aromatic heterocycles. The molecule has 1 aliphatic heterocycles. The van der Waals surface area contributed by atoms with Gasteiger partial charge in [-0.3, -0.25) is 9.69 Å². The van der Waals surface area contributed by atoms with Gasteiger partial charge in [-0.25, -0.2) is 4.79 Å². The van der Waals surface area contributed by atoms with Crippen LogP contribution in [0.3, 0.4) is 0 Å². The smallest absolute Gasteiger partial charge is 0.414 e. The maximum atomic E-state index is 12.5. The van der Waals surface area contributed by atoms with Crippen molar-refractivity contribution in [3.05, 3.63) is 71.3 Å². The molecule has 0 unspecified atom stereocenters. The van der Waals surface area contributed by atoms with Gasteiger partial charge in [-0.05, 0) is 34.8 Å². The first-order chi connectivity index (χ1) is 12.3. The lowest BCUT2D eigenvalue weighted by atomic mass is 9.87. The van der Waals surface area contributed by atoms with Crippen molar-refractivity contribution >= 4 is 23.6 Å². The highest BCUT2D eigenvalue weighted by molar-refractivity contribution is 6.07. The van der Waals surface area contributed by atoms with Gasteiger partial charge in [-0.15, -0.1) is 0 Å². The van der Waals surface area contributed by atoms with Crippen molar-refractivity contribution in [1.29, 1.82) is 0 Å². The molecule has 4 nitrogen and oxygen atoms in total. The lowest BCUT2D eigenvalue weighted by molar-refractivity contribution is 0.104. The van der Waals surface area contributed by atoms with E-state index in [4.69, 9.17) is 4.74 Å². The maximum Gasteiger partial charge on any atom is 0.414 e. The van der Waals surface area contributed by atoms with Crippen molar-refractivity contribution in [2.75, 3.05) is 18.1 Å². The molecule has 1 saturated heterocycles. The molecule has 0 bridgehead atoms. The van der Waals surface area contributed by atoms with Crippen molar-refractivity contribution in [3.63, 3.8) is 0 Å². The number of nitrogens with zero attached hydrogens (tertiary/aromatic N) is 1. The number of carbonyl (C=O) groups is 2. The average Bonchev–Trinajstić information content (AvgIpc) is 3.05. The second-order valence-corrected chi connectivity index (χ2v) is 7.39. The molecule has 1 aliphatic rings. The summed E-state index contributed by atoms with van der Waals surface area (Å²) in [5.41, 5.74) is 3.57. The minimum absolute atomic E-state index is 0.0979. The number of hydrogen-bond donors (Lipinski definition) is 0. The molecule has 2 aromatic rings. The van der Waals surface area contributed by atoms with Gasteiger partial charge in [0.25, 0.3) is 0 Å². The summed E-state index contributed by atoms with van der Waals surface area (Å²) in [5.74, 6) is -0.0979. The van der Waals surface area contributed by atoms with E-state index in [1.807, 2.05) is 18.2 Å². The molecule has 4 heteroatoms. The SMILES string of the molecule is CC(C)(C)c1ccc(/C=C/C(=O)c2cccc(N3CCOC3=O)c2)cc1. The number of carbonyl (C=O) groups excluding carboxylic acids is 2. The van der Waals surface area contributed by atoms with E-state index in [9.17, 15) is 9.59 Å². The number of amides is 1. The summed E-state index contributed by atoms with van der Waals surface area (Å²) in [6.45, 7) is 7.40. The van der Waals surface area contributed by atoms with E-state index >= 15 is 0 Å². The van der Waals surface area contributed by atoms with Crippen molar-refractivity contribution in [2.45, 2.75) is 26.2 Å². The first-order valence-corrected chi connectivity index (χ1v) is 8.72. The monoisotopic (exact) mass is 349 g/mol.